The van der Waals surface area contributed by atoms with E-state index >= 15 is 0 Å². The monoisotopic (exact) mass is 260 g/mol. The van der Waals surface area contributed by atoms with E-state index in [0.717, 1.165) is 25.9 Å². The van der Waals surface area contributed by atoms with Crippen molar-refractivity contribution in [2.45, 2.75) is 19.3 Å². The molecule has 5 nitrogen and oxygen atoms in total. The zero-order valence-electron chi connectivity index (χ0n) is 9.94. The largest absolute Gasteiger partial charge is 0.356 e. The van der Waals surface area contributed by atoms with Crippen LogP contribution in [0, 0.1) is 11.8 Å². The number of piperidine rings is 1. The smallest absolute Gasteiger partial charge is 0.224 e. The number of rotatable bonds is 3. The molecule has 1 amide bonds. The molecule has 2 atom stereocenters. The van der Waals surface area contributed by atoms with Gasteiger partial charge in [0.15, 0.2) is 9.84 Å². The minimum atomic E-state index is -2.83. The summed E-state index contributed by atoms with van der Waals surface area (Å²) in [6.45, 7) is 2.24. The van der Waals surface area contributed by atoms with Gasteiger partial charge in [0.05, 0.1) is 17.4 Å². The molecule has 2 fully saturated rings. The van der Waals surface area contributed by atoms with Crippen molar-refractivity contribution in [2.24, 2.45) is 11.8 Å². The predicted molar refractivity (Wildman–Crippen MR) is 65.4 cm³/mol. The summed E-state index contributed by atoms with van der Waals surface area (Å²) in [6.07, 6.45) is 2.66. The lowest BCUT2D eigenvalue weighted by Gasteiger charge is -2.22. The number of hydrogen-bond donors (Lipinski definition) is 2. The molecule has 98 valence electrons. The number of hydrogen-bond acceptors (Lipinski definition) is 4. The van der Waals surface area contributed by atoms with Gasteiger partial charge in [-0.3, -0.25) is 4.79 Å². The molecule has 6 heteroatoms. The molecule has 0 aromatic carbocycles. The first-order valence-corrected chi connectivity index (χ1v) is 8.08. The van der Waals surface area contributed by atoms with E-state index in [2.05, 4.69) is 10.6 Å². The van der Waals surface area contributed by atoms with E-state index in [9.17, 15) is 13.2 Å². The van der Waals surface area contributed by atoms with Gasteiger partial charge in [0.2, 0.25) is 5.91 Å². The van der Waals surface area contributed by atoms with E-state index in [1.165, 1.54) is 0 Å². The average Bonchev–Trinajstić information content (AvgIpc) is 2.67. The molecule has 0 bridgehead atoms. The molecular weight excluding hydrogens is 240 g/mol. The number of carbonyl (C=O) groups is 1. The number of sulfone groups is 1. The summed E-state index contributed by atoms with van der Waals surface area (Å²) in [5.74, 6) is 0.748. The van der Waals surface area contributed by atoms with Crippen LogP contribution < -0.4 is 10.6 Å². The van der Waals surface area contributed by atoms with Crippen molar-refractivity contribution in [2.75, 3.05) is 31.1 Å². The lowest BCUT2D eigenvalue weighted by atomic mass is 9.98. The summed E-state index contributed by atoms with van der Waals surface area (Å²) >= 11 is 0. The second-order valence-electron chi connectivity index (χ2n) is 5.06. The molecule has 0 aromatic rings. The Morgan fingerprint density at radius 1 is 1.35 bits per heavy atom. The Labute approximate surface area is 102 Å². The van der Waals surface area contributed by atoms with Gasteiger partial charge >= 0.3 is 0 Å². The van der Waals surface area contributed by atoms with E-state index in [4.69, 9.17) is 0 Å². The Bertz CT molecular complexity index is 374. The lowest BCUT2D eigenvalue weighted by molar-refractivity contribution is -0.125. The van der Waals surface area contributed by atoms with E-state index in [0.29, 0.717) is 13.0 Å². The molecule has 2 N–H and O–H groups in total. The van der Waals surface area contributed by atoms with Gasteiger partial charge in [-0.15, -0.1) is 0 Å². The molecule has 2 unspecified atom stereocenters. The Balaban J connectivity index is 1.73. The molecule has 2 aliphatic heterocycles. The topological polar surface area (TPSA) is 75.3 Å². The third-order valence-corrected chi connectivity index (χ3v) is 5.40. The minimum absolute atomic E-state index is 0.0572. The summed E-state index contributed by atoms with van der Waals surface area (Å²) in [5, 5.41) is 6.09. The maximum absolute atomic E-state index is 11.8. The Kier molecular flexibility index (Phi) is 4.04. The molecule has 0 saturated carbocycles. The lowest BCUT2D eigenvalue weighted by Crippen LogP contribution is -2.42. The van der Waals surface area contributed by atoms with Crippen molar-refractivity contribution in [1.29, 1.82) is 0 Å². The van der Waals surface area contributed by atoms with Crippen LogP contribution in [-0.2, 0) is 14.6 Å². The van der Waals surface area contributed by atoms with E-state index in [1.807, 2.05) is 0 Å². The fourth-order valence-electron chi connectivity index (χ4n) is 2.50. The second kappa shape index (κ2) is 5.35. The van der Waals surface area contributed by atoms with Crippen molar-refractivity contribution < 1.29 is 13.2 Å². The maximum Gasteiger partial charge on any atom is 0.224 e. The van der Waals surface area contributed by atoms with Crippen molar-refractivity contribution in [3.63, 3.8) is 0 Å². The van der Waals surface area contributed by atoms with Gasteiger partial charge in [0, 0.05) is 13.1 Å². The standard InChI is InChI=1S/C11H20N2O3S/c14-11(10-2-1-4-12-7-10)13-6-9-3-5-17(15,16)8-9/h9-10,12H,1-8H2,(H,13,14). The Hall–Kier alpha value is -0.620. The quantitative estimate of drug-likeness (QED) is 0.720. The summed E-state index contributed by atoms with van der Waals surface area (Å²) in [5.41, 5.74) is 0. The van der Waals surface area contributed by atoms with Crippen LogP contribution >= 0.6 is 0 Å². The van der Waals surface area contributed by atoms with Crippen molar-refractivity contribution in [1.82, 2.24) is 10.6 Å². The van der Waals surface area contributed by atoms with Crippen LogP contribution in [0.5, 0.6) is 0 Å². The van der Waals surface area contributed by atoms with E-state index < -0.39 is 9.84 Å². The molecule has 0 radical (unpaired) electrons. The third-order valence-electron chi connectivity index (χ3n) is 3.56. The molecule has 2 aliphatic rings. The summed E-state index contributed by atoms with van der Waals surface area (Å²) < 4.78 is 22.5. The highest BCUT2D eigenvalue weighted by Crippen LogP contribution is 2.17. The third kappa shape index (κ3) is 3.67. The molecule has 17 heavy (non-hydrogen) atoms. The highest BCUT2D eigenvalue weighted by Gasteiger charge is 2.29. The minimum Gasteiger partial charge on any atom is -0.356 e. The first kappa shape index (κ1) is 12.8. The first-order chi connectivity index (χ1) is 8.07. The summed E-state index contributed by atoms with van der Waals surface area (Å²) in [4.78, 5) is 11.8. The van der Waals surface area contributed by atoms with Crippen LogP contribution in [0.1, 0.15) is 19.3 Å². The molecule has 0 aromatic heterocycles. The van der Waals surface area contributed by atoms with E-state index in [-0.39, 0.29) is 29.2 Å². The van der Waals surface area contributed by atoms with Gasteiger partial charge in [-0.1, -0.05) is 0 Å². The number of amides is 1. The molecule has 0 aliphatic carbocycles. The number of nitrogens with one attached hydrogen (secondary N) is 2. The fourth-order valence-corrected chi connectivity index (χ4v) is 4.36. The first-order valence-electron chi connectivity index (χ1n) is 6.26. The highest BCUT2D eigenvalue weighted by atomic mass is 32.2. The zero-order valence-corrected chi connectivity index (χ0v) is 10.8. The number of carbonyl (C=O) groups excluding carboxylic acids is 1. The predicted octanol–water partition coefficient (Wildman–Crippen LogP) is -0.463. The van der Waals surface area contributed by atoms with Crippen LogP contribution in [0.2, 0.25) is 0 Å². The van der Waals surface area contributed by atoms with Gasteiger partial charge in [-0.2, -0.15) is 0 Å². The van der Waals surface area contributed by atoms with Gasteiger partial charge in [0.1, 0.15) is 0 Å². The van der Waals surface area contributed by atoms with Crippen LogP contribution in [0.3, 0.4) is 0 Å². The highest BCUT2D eigenvalue weighted by molar-refractivity contribution is 7.91. The molecule has 2 rings (SSSR count). The van der Waals surface area contributed by atoms with Crippen molar-refractivity contribution in [3.8, 4) is 0 Å². The molecule has 0 spiro atoms. The molecule has 2 saturated heterocycles. The molecule has 2 heterocycles. The van der Waals surface area contributed by atoms with Crippen molar-refractivity contribution >= 4 is 15.7 Å². The van der Waals surface area contributed by atoms with Crippen LogP contribution in [0.25, 0.3) is 0 Å². The summed E-state index contributed by atoms with van der Waals surface area (Å²) in [7, 11) is -2.83. The van der Waals surface area contributed by atoms with Crippen LogP contribution in [0.4, 0.5) is 0 Å². The molecular formula is C11H20N2O3S. The second-order valence-corrected chi connectivity index (χ2v) is 7.29. The average molecular weight is 260 g/mol. The normalized spacial score (nSPS) is 32.2. The zero-order chi connectivity index (χ0) is 12.3. The SMILES string of the molecule is O=C(NCC1CCS(=O)(=O)C1)C1CCCNC1. The van der Waals surface area contributed by atoms with Crippen molar-refractivity contribution in [3.05, 3.63) is 0 Å². The van der Waals surface area contributed by atoms with Crippen LogP contribution in [0.15, 0.2) is 0 Å². The van der Waals surface area contributed by atoms with E-state index in [1.54, 1.807) is 0 Å². The summed E-state index contributed by atoms with van der Waals surface area (Å²) in [6, 6.07) is 0. The Morgan fingerprint density at radius 2 is 2.18 bits per heavy atom. The van der Waals surface area contributed by atoms with Gasteiger partial charge in [-0.05, 0) is 31.7 Å². The van der Waals surface area contributed by atoms with Gasteiger partial charge in [0.25, 0.3) is 0 Å². The van der Waals surface area contributed by atoms with Crippen LogP contribution in [-0.4, -0.2) is 45.5 Å². The van der Waals surface area contributed by atoms with Gasteiger partial charge in [-0.25, -0.2) is 8.42 Å². The Morgan fingerprint density at radius 3 is 2.76 bits per heavy atom. The maximum atomic E-state index is 11.8. The fraction of sp³-hybridized carbons (Fsp3) is 0.909. The van der Waals surface area contributed by atoms with Gasteiger partial charge < -0.3 is 10.6 Å².